The average molecular weight is 477 g/mol. The molecule has 0 heterocycles. The van der Waals surface area contributed by atoms with E-state index in [-0.39, 0.29) is 11.7 Å². The predicted molar refractivity (Wildman–Crippen MR) is 133 cm³/mol. The Bertz CT molecular complexity index is 1160. The van der Waals surface area contributed by atoms with Crippen molar-refractivity contribution >= 4 is 18.1 Å². The molecule has 182 valence electrons. The molecule has 0 bridgehead atoms. The molecule has 0 aliphatic heterocycles. The number of hydrogen-bond donors (Lipinski definition) is 1. The summed E-state index contributed by atoms with van der Waals surface area (Å²) in [6, 6.07) is 18.5. The zero-order chi connectivity index (χ0) is 25.0. The molecule has 1 N–H and O–H groups in total. The molecule has 3 aromatic rings. The highest BCUT2D eigenvalue weighted by Crippen LogP contribution is 2.29. The van der Waals surface area contributed by atoms with E-state index in [2.05, 4.69) is 10.5 Å². The van der Waals surface area contributed by atoms with Crippen LogP contribution in [0.5, 0.6) is 23.0 Å². The van der Waals surface area contributed by atoms with Gasteiger partial charge in [0.1, 0.15) is 11.5 Å². The van der Waals surface area contributed by atoms with Crippen LogP contribution in [0.1, 0.15) is 46.5 Å². The predicted octanol–water partition coefficient (Wildman–Crippen LogP) is 4.87. The third-order valence-corrected chi connectivity index (χ3v) is 4.77. The van der Waals surface area contributed by atoms with Crippen LogP contribution in [0.15, 0.2) is 71.8 Å². The van der Waals surface area contributed by atoms with E-state index in [0.29, 0.717) is 47.2 Å². The van der Waals surface area contributed by atoms with Gasteiger partial charge in [-0.05, 0) is 85.6 Å². The van der Waals surface area contributed by atoms with Gasteiger partial charge >= 0.3 is 5.97 Å². The van der Waals surface area contributed by atoms with E-state index >= 15 is 0 Å². The Morgan fingerprint density at radius 1 is 0.857 bits per heavy atom. The first-order chi connectivity index (χ1) is 17.0. The van der Waals surface area contributed by atoms with Crippen LogP contribution in [0.25, 0.3) is 0 Å². The van der Waals surface area contributed by atoms with Gasteiger partial charge < -0.3 is 18.9 Å². The van der Waals surface area contributed by atoms with Crippen molar-refractivity contribution in [3.8, 4) is 23.0 Å². The zero-order valence-corrected chi connectivity index (χ0v) is 19.9. The molecule has 0 aliphatic carbocycles. The number of rotatable bonds is 11. The van der Waals surface area contributed by atoms with Crippen molar-refractivity contribution in [3.05, 3.63) is 83.4 Å². The molecular formula is C27H28N2O6. The first-order valence-corrected chi connectivity index (χ1v) is 11.2. The van der Waals surface area contributed by atoms with Crippen LogP contribution in [0.2, 0.25) is 0 Å². The quantitative estimate of drug-likeness (QED) is 0.184. The molecule has 0 saturated heterocycles. The van der Waals surface area contributed by atoms with Gasteiger partial charge in [0.25, 0.3) is 5.91 Å². The second-order valence-electron chi connectivity index (χ2n) is 7.33. The normalized spacial score (nSPS) is 10.6. The minimum atomic E-state index is -0.513. The smallest absolute Gasteiger partial charge is 0.343 e. The third-order valence-electron chi connectivity index (χ3n) is 4.77. The molecule has 3 aromatic carbocycles. The van der Waals surface area contributed by atoms with E-state index in [1.165, 1.54) is 6.21 Å². The molecule has 3 rings (SSSR count). The minimum Gasteiger partial charge on any atom is -0.497 e. The Hall–Kier alpha value is -4.33. The summed E-state index contributed by atoms with van der Waals surface area (Å²) in [5, 5.41) is 4.00. The lowest BCUT2D eigenvalue weighted by Crippen LogP contribution is -2.17. The van der Waals surface area contributed by atoms with Crippen molar-refractivity contribution < 1.29 is 28.5 Å². The summed E-state index contributed by atoms with van der Waals surface area (Å²) in [5.41, 5.74) is 3.97. The molecule has 0 atom stereocenters. The highest BCUT2D eigenvalue weighted by Gasteiger charge is 2.13. The van der Waals surface area contributed by atoms with E-state index in [4.69, 9.17) is 18.9 Å². The Balaban J connectivity index is 1.65. The van der Waals surface area contributed by atoms with Crippen LogP contribution in [0, 0.1) is 0 Å². The molecule has 8 nitrogen and oxygen atoms in total. The summed E-state index contributed by atoms with van der Waals surface area (Å²) >= 11 is 0. The Kier molecular flexibility index (Phi) is 9.24. The number of esters is 1. The van der Waals surface area contributed by atoms with Gasteiger partial charge in [0, 0.05) is 5.56 Å². The fraction of sp³-hybridized carbons (Fsp3) is 0.222. The van der Waals surface area contributed by atoms with E-state index in [1.54, 1.807) is 73.8 Å². The number of amides is 1. The molecule has 8 heteroatoms. The summed E-state index contributed by atoms with van der Waals surface area (Å²) in [6.07, 6.45) is 2.38. The molecule has 0 saturated carbocycles. The van der Waals surface area contributed by atoms with Crippen LogP contribution in [0.3, 0.4) is 0 Å². The molecule has 35 heavy (non-hydrogen) atoms. The summed E-state index contributed by atoms with van der Waals surface area (Å²) < 4.78 is 21.8. The largest absolute Gasteiger partial charge is 0.497 e. The van der Waals surface area contributed by atoms with Gasteiger partial charge in [0.2, 0.25) is 0 Å². The molecule has 0 fully saturated rings. The second-order valence-corrected chi connectivity index (χ2v) is 7.33. The lowest BCUT2D eigenvalue weighted by molar-refractivity contribution is 0.0728. The third kappa shape index (κ3) is 7.33. The van der Waals surface area contributed by atoms with Gasteiger partial charge in [-0.25, -0.2) is 10.2 Å². The van der Waals surface area contributed by atoms with Gasteiger partial charge in [-0.1, -0.05) is 6.92 Å². The van der Waals surface area contributed by atoms with Crippen molar-refractivity contribution in [2.24, 2.45) is 5.10 Å². The SMILES string of the molecule is CCCOc1ccc(C(=O)Oc2ccc(/C=N\NC(=O)c3ccc(OC)cc3)cc2OCC)cc1. The first-order valence-electron chi connectivity index (χ1n) is 11.2. The van der Waals surface area contributed by atoms with Gasteiger partial charge in [0.05, 0.1) is 32.1 Å². The van der Waals surface area contributed by atoms with E-state index in [1.807, 2.05) is 13.8 Å². The Morgan fingerprint density at radius 2 is 1.54 bits per heavy atom. The second kappa shape index (κ2) is 12.8. The summed E-state index contributed by atoms with van der Waals surface area (Å²) in [5.74, 6) is 1.15. The highest BCUT2D eigenvalue weighted by atomic mass is 16.6. The maximum atomic E-state index is 12.6. The van der Waals surface area contributed by atoms with Crippen LogP contribution in [-0.4, -0.2) is 38.4 Å². The van der Waals surface area contributed by atoms with Crippen LogP contribution in [-0.2, 0) is 0 Å². The van der Waals surface area contributed by atoms with Crippen molar-refractivity contribution in [2.45, 2.75) is 20.3 Å². The van der Waals surface area contributed by atoms with Crippen LogP contribution in [0.4, 0.5) is 0 Å². The molecular weight excluding hydrogens is 448 g/mol. The first kappa shape index (κ1) is 25.3. The number of nitrogens with zero attached hydrogens (tertiary/aromatic N) is 1. The Labute approximate surface area is 204 Å². The lowest BCUT2D eigenvalue weighted by Gasteiger charge is -2.12. The minimum absolute atomic E-state index is 0.280. The van der Waals surface area contributed by atoms with E-state index in [9.17, 15) is 9.59 Å². The van der Waals surface area contributed by atoms with E-state index in [0.717, 1.165) is 6.42 Å². The number of nitrogens with one attached hydrogen (secondary N) is 1. The maximum absolute atomic E-state index is 12.6. The topological polar surface area (TPSA) is 95.5 Å². The van der Waals surface area contributed by atoms with Gasteiger partial charge in [-0.15, -0.1) is 0 Å². The molecule has 1 amide bonds. The fourth-order valence-electron chi connectivity index (χ4n) is 3.00. The van der Waals surface area contributed by atoms with Crippen molar-refractivity contribution in [2.75, 3.05) is 20.3 Å². The van der Waals surface area contributed by atoms with Crippen LogP contribution >= 0.6 is 0 Å². The summed E-state index contributed by atoms with van der Waals surface area (Å²) in [4.78, 5) is 24.8. The fourth-order valence-corrected chi connectivity index (χ4v) is 3.00. The molecule has 0 aliphatic rings. The monoisotopic (exact) mass is 476 g/mol. The van der Waals surface area contributed by atoms with Crippen molar-refractivity contribution in [3.63, 3.8) is 0 Å². The number of carbonyl (C=O) groups is 2. The number of hydrogen-bond acceptors (Lipinski definition) is 7. The lowest BCUT2D eigenvalue weighted by atomic mass is 10.2. The van der Waals surface area contributed by atoms with Crippen molar-refractivity contribution in [1.29, 1.82) is 0 Å². The van der Waals surface area contributed by atoms with Gasteiger partial charge in [0.15, 0.2) is 11.5 Å². The van der Waals surface area contributed by atoms with Gasteiger partial charge in [-0.3, -0.25) is 4.79 Å². The highest BCUT2D eigenvalue weighted by molar-refractivity contribution is 5.95. The maximum Gasteiger partial charge on any atom is 0.343 e. The summed E-state index contributed by atoms with van der Waals surface area (Å²) in [7, 11) is 1.56. The van der Waals surface area contributed by atoms with E-state index < -0.39 is 5.97 Å². The van der Waals surface area contributed by atoms with Crippen LogP contribution < -0.4 is 24.4 Å². The number of ether oxygens (including phenoxy) is 4. The molecule has 0 spiro atoms. The zero-order valence-electron chi connectivity index (χ0n) is 19.9. The Morgan fingerprint density at radius 3 is 2.20 bits per heavy atom. The number of methoxy groups -OCH3 is 1. The number of benzene rings is 3. The summed E-state index contributed by atoms with van der Waals surface area (Å²) in [6.45, 7) is 4.85. The molecule has 0 unspecified atom stereocenters. The van der Waals surface area contributed by atoms with Gasteiger partial charge in [-0.2, -0.15) is 5.10 Å². The molecule has 0 aromatic heterocycles. The standard InChI is InChI=1S/C27H28N2O6/c1-4-16-34-23-13-9-21(10-14-23)27(31)35-24-15-6-19(17-25(24)33-5-2)18-28-29-26(30)20-7-11-22(32-3)12-8-20/h6-15,17-18H,4-5,16H2,1-3H3,(H,29,30)/b28-18-. The number of hydrazone groups is 1. The molecule has 0 radical (unpaired) electrons. The number of carbonyl (C=O) groups excluding carboxylic acids is 2. The average Bonchev–Trinajstić information content (AvgIpc) is 2.89. The van der Waals surface area contributed by atoms with Crippen molar-refractivity contribution in [1.82, 2.24) is 5.43 Å².